The average molecular weight is 392 g/mol. The van der Waals surface area contributed by atoms with Gasteiger partial charge < -0.3 is 19.9 Å². The average Bonchev–Trinajstić information content (AvgIpc) is 2.88. The second kappa shape index (κ2) is 7.92. The molecule has 1 amide bonds. The minimum Gasteiger partial charge on any atom is -0.503 e. The zero-order valence-electron chi connectivity index (χ0n) is 13.5. The van der Waals surface area contributed by atoms with E-state index in [9.17, 15) is 23.1 Å². The first-order chi connectivity index (χ1) is 11.7. The predicted molar refractivity (Wildman–Crippen MR) is 89.8 cm³/mol. The summed E-state index contributed by atoms with van der Waals surface area (Å²) in [6, 6.07) is 1.99. The Hall–Kier alpha value is -2.00. The fraction of sp³-hybridized carbons (Fsp3) is 0.467. The third kappa shape index (κ3) is 5.23. The van der Waals surface area contributed by atoms with Crippen molar-refractivity contribution in [3.05, 3.63) is 22.7 Å². The summed E-state index contributed by atoms with van der Waals surface area (Å²) in [6.45, 7) is 1.40. The molecule has 0 saturated carbocycles. The number of sulfone groups is 1. The van der Waals surface area contributed by atoms with Gasteiger partial charge in [-0.1, -0.05) is 11.6 Å². The van der Waals surface area contributed by atoms with Crippen molar-refractivity contribution in [1.82, 2.24) is 5.32 Å². The monoisotopic (exact) mass is 391 g/mol. The van der Waals surface area contributed by atoms with Crippen molar-refractivity contribution < 1.29 is 32.6 Å². The molecule has 0 unspecified atom stereocenters. The van der Waals surface area contributed by atoms with Crippen LogP contribution < -0.4 is 10.1 Å². The van der Waals surface area contributed by atoms with E-state index in [0.717, 1.165) is 0 Å². The van der Waals surface area contributed by atoms with Gasteiger partial charge >= 0.3 is 5.97 Å². The molecule has 2 N–H and O–H groups in total. The van der Waals surface area contributed by atoms with Gasteiger partial charge in [0.25, 0.3) is 5.91 Å². The van der Waals surface area contributed by atoms with Crippen LogP contribution in [0.3, 0.4) is 0 Å². The Kier molecular flexibility index (Phi) is 6.12. The van der Waals surface area contributed by atoms with Crippen LogP contribution in [0.1, 0.15) is 23.7 Å². The number of hydrogen-bond acceptors (Lipinski definition) is 7. The molecule has 1 aromatic rings. The summed E-state index contributed by atoms with van der Waals surface area (Å²) >= 11 is 5.83. The first-order valence-corrected chi connectivity index (χ1v) is 9.74. The minimum atomic E-state index is -3.11. The fourth-order valence-electron chi connectivity index (χ4n) is 2.35. The molecule has 2 rings (SSSR count). The third-order valence-electron chi connectivity index (χ3n) is 3.50. The molecule has 0 aliphatic carbocycles. The molecule has 0 spiro atoms. The molecule has 1 saturated heterocycles. The number of benzene rings is 1. The highest BCUT2D eigenvalue weighted by Gasteiger charge is 2.29. The van der Waals surface area contributed by atoms with Crippen LogP contribution in [0.5, 0.6) is 11.5 Å². The minimum absolute atomic E-state index is 0.0162. The topological polar surface area (TPSA) is 119 Å². The van der Waals surface area contributed by atoms with Crippen molar-refractivity contribution in [2.45, 2.75) is 19.4 Å². The van der Waals surface area contributed by atoms with Crippen LogP contribution >= 0.6 is 11.6 Å². The van der Waals surface area contributed by atoms with Crippen LogP contribution in [-0.4, -0.2) is 56.2 Å². The lowest BCUT2D eigenvalue weighted by Gasteiger charge is -2.12. The van der Waals surface area contributed by atoms with E-state index in [2.05, 4.69) is 5.32 Å². The van der Waals surface area contributed by atoms with Crippen LogP contribution in [0.15, 0.2) is 12.1 Å². The van der Waals surface area contributed by atoms with Gasteiger partial charge in [0.2, 0.25) is 0 Å². The number of phenols is 1. The molecule has 10 heteroatoms. The molecule has 1 aliphatic rings. The van der Waals surface area contributed by atoms with Crippen molar-refractivity contribution in [3.63, 3.8) is 0 Å². The molecule has 1 aliphatic heterocycles. The SMILES string of the molecule is CCOc1cc(C(=O)OCC(=O)N[C@H]2CCS(=O)(=O)C2)cc(Cl)c1O. The van der Waals surface area contributed by atoms with Gasteiger partial charge in [-0.15, -0.1) is 0 Å². The molecule has 0 aromatic heterocycles. The number of carbonyl (C=O) groups excluding carboxylic acids is 2. The molecule has 1 atom stereocenters. The molecule has 25 heavy (non-hydrogen) atoms. The zero-order valence-corrected chi connectivity index (χ0v) is 15.0. The zero-order chi connectivity index (χ0) is 18.6. The number of ether oxygens (including phenoxy) is 2. The van der Waals surface area contributed by atoms with Gasteiger partial charge in [0.15, 0.2) is 27.9 Å². The van der Waals surface area contributed by atoms with Crippen molar-refractivity contribution in [2.24, 2.45) is 0 Å². The van der Waals surface area contributed by atoms with Crippen molar-refractivity contribution >= 4 is 33.3 Å². The van der Waals surface area contributed by atoms with Crippen molar-refractivity contribution in [2.75, 3.05) is 24.7 Å². The molecule has 8 nitrogen and oxygen atoms in total. The lowest BCUT2D eigenvalue weighted by Crippen LogP contribution is -2.38. The molecule has 1 heterocycles. The maximum absolute atomic E-state index is 12.0. The Morgan fingerprint density at radius 1 is 1.40 bits per heavy atom. The summed E-state index contributed by atoms with van der Waals surface area (Å²) in [4.78, 5) is 23.8. The molecule has 1 aromatic carbocycles. The maximum atomic E-state index is 12.0. The largest absolute Gasteiger partial charge is 0.503 e. The van der Waals surface area contributed by atoms with E-state index in [1.54, 1.807) is 6.92 Å². The van der Waals surface area contributed by atoms with Gasteiger partial charge in [0.1, 0.15) is 0 Å². The number of aromatic hydroxyl groups is 1. The second-order valence-corrected chi connectivity index (χ2v) is 8.12. The number of amides is 1. The van der Waals surface area contributed by atoms with Gasteiger partial charge in [-0.2, -0.15) is 0 Å². The van der Waals surface area contributed by atoms with Crippen LogP contribution in [0.2, 0.25) is 5.02 Å². The number of halogens is 1. The molecular formula is C15H18ClNO7S. The van der Waals surface area contributed by atoms with Crippen LogP contribution in [0, 0.1) is 0 Å². The highest BCUT2D eigenvalue weighted by atomic mass is 35.5. The summed E-state index contributed by atoms with van der Waals surface area (Å²) in [5, 5.41) is 12.2. The highest BCUT2D eigenvalue weighted by Crippen LogP contribution is 2.35. The smallest absolute Gasteiger partial charge is 0.338 e. The standard InChI is InChI=1S/C15H18ClNO7S/c1-2-23-12-6-9(5-11(16)14(12)19)15(20)24-7-13(18)17-10-3-4-25(21,22)8-10/h5-6,10,19H,2-4,7-8H2,1H3,(H,17,18)/t10-/m0/s1. The molecule has 1 fully saturated rings. The number of nitrogens with one attached hydrogen (secondary N) is 1. The Labute approximate surface area is 150 Å². The Morgan fingerprint density at radius 3 is 2.72 bits per heavy atom. The van der Waals surface area contributed by atoms with Crippen molar-refractivity contribution in [3.8, 4) is 11.5 Å². The lowest BCUT2D eigenvalue weighted by atomic mass is 10.2. The number of phenolic OH excluding ortho intramolecular Hbond substituents is 1. The van der Waals surface area contributed by atoms with Crippen molar-refractivity contribution in [1.29, 1.82) is 0 Å². The van der Waals surface area contributed by atoms with E-state index < -0.39 is 34.4 Å². The summed E-state index contributed by atoms with van der Waals surface area (Å²) in [7, 11) is -3.11. The van der Waals surface area contributed by atoms with Crippen LogP contribution in [0.4, 0.5) is 0 Å². The Bertz CT molecular complexity index is 778. The van der Waals surface area contributed by atoms with E-state index in [4.69, 9.17) is 21.1 Å². The fourth-order valence-corrected chi connectivity index (χ4v) is 4.23. The molecule has 0 bridgehead atoms. The van der Waals surface area contributed by atoms with Gasteiger partial charge in [0, 0.05) is 6.04 Å². The number of hydrogen-bond donors (Lipinski definition) is 2. The normalized spacial score (nSPS) is 18.6. The van der Waals surface area contributed by atoms with Gasteiger partial charge in [0.05, 0.1) is 28.7 Å². The third-order valence-corrected chi connectivity index (χ3v) is 5.55. The van der Waals surface area contributed by atoms with Crippen LogP contribution in [-0.2, 0) is 19.4 Å². The molecule has 0 radical (unpaired) electrons. The number of rotatable bonds is 6. The van der Waals surface area contributed by atoms with E-state index in [1.807, 2.05) is 0 Å². The number of carbonyl (C=O) groups is 2. The van der Waals surface area contributed by atoms with Crippen LogP contribution in [0.25, 0.3) is 0 Å². The van der Waals surface area contributed by atoms with E-state index in [-0.39, 0.29) is 40.2 Å². The summed E-state index contributed by atoms with van der Waals surface area (Å²) in [5.41, 5.74) is 0.0162. The Balaban J connectivity index is 1.93. The van der Waals surface area contributed by atoms with E-state index in [1.165, 1.54) is 12.1 Å². The first kappa shape index (κ1) is 19.3. The summed E-state index contributed by atoms with van der Waals surface area (Å²) in [5.74, 6) is -1.76. The molecule has 138 valence electrons. The first-order valence-electron chi connectivity index (χ1n) is 7.54. The quantitative estimate of drug-likeness (QED) is 0.691. The second-order valence-electron chi connectivity index (χ2n) is 5.48. The van der Waals surface area contributed by atoms with Gasteiger partial charge in [-0.05, 0) is 25.5 Å². The maximum Gasteiger partial charge on any atom is 0.338 e. The van der Waals surface area contributed by atoms with E-state index in [0.29, 0.717) is 6.42 Å². The predicted octanol–water partition coefficient (Wildman–Crippen LogP) is 0.904. The van der Waals surface area contributed by atoms with Gasteiger partial charge in [-0.25, -0.2) is 13.2 Å². The Morgan fingerprint density at radius 2 is 2.12 bits per heavy atom. The molecular weight excluding hydrogens is 374 g/mol. The van der Waals surface area contributed by atoms with Gasteiger partial charge in [-0.3, -0.25) is 4.79 Å². The lowest BCUT2D eigenvalue weighted by molar-refractivity contribution is -0.124. The summed E-state index contributed by atoms with van der Waals surface area (Å²) in [6.07, 6.45) is 0.341. The highest BCUT2D eigenvalue weighted by molar-refractivity contribution is 7.91. The number of esters is 1. The summed E-state index contributed by atoms with van der Waals surface area (Å²) < 4.78 is 32.7. The van der Waals surface area contributed by atoms with E-state index >= 15 is 0 Å².